The van der Waals surface area contributed by atoms with Crippen molar-refractivity contribution in [2.75, 3.05) is 9.80 Å². The molecule has 0 heterocycles. The van der Waals surface area contributed by atoms with Crippen LogP contribution in [-0.2, 0) is 0 Å². The Morgan fingerprint density at radius 2 is 0.500 bits per heavy atom. The van der Waals surface area contributed by atoms with Crippen LogP contribution >= 0.6 is 0 Å². The second-order valence-corrected chi connectivity index (χ2v) is 11.1. The molecule has 48 heavy (non-hydrogen) atoms. The van der Waals surface area contributed by atoms with Crippen molar-refractivity contribution in [2.45, 2.75) is 0 Å². The van der Waals surface area contributed by atoms with Crippen LogP contribution in [0.1, 0.15) is 22.3 Å². The maximum Gasteiger partial charge on any atom is 0.0991 e. The van der Waals surface area contributed by atoms with Crippen LogP contribution in [0.4, 0.5) is 34.1 Å². The van der Waals surface area contributed by atoms with E-state index in [-0.39, 0.29) is 0 Å². The minimum Gasteiger partial charge on any atom is -0.309 e. The molecule has 6 heteroatoms. The van der Waals surface area contributed by atoms with E-state index in [0.717, 1.165) is 55.7 Å². The number of hydrogen-bond donors (Lipinski definition) is 0. The summed E-state index contributed by atoms with van der Waals surface area (Å²) >= 11 is 0. The van der Waals surface area contributed by atoms with Gasteiger partial charge in [-0.3, -0.25) is 0 Å². The quantitative estimate of drug-likeness (QED) is 0.137. The summed E-state index contributed by atoms with van der Waals surface area (Å²) in [4.78, 5) is 4.34. The molecule has 0 fully saturated rings. The van der Waals surface area contributed by atoms with Crippen molar-refractivity contribution < 1.29 is 0 Å². The predicted molar refractivity (Wildman–Crippen MR) is 190 cm³/mol. The third kappa shape index (κ3) is 5.19. The Hall–Kier alpha value is -7.38. The van der Waals surface area contributed by atoms with E-state index in [1.807, 2.05) is 121 Å². The molecule has 0 unspecified atom stereocenters. The number of nitriles is 4. The third-order valence-corrected chi connectivity index (χ3v) is 8.34. The van der Waals surface area contributed by atoms with Crippen LogP contribution in [0.25, 0.3) is 21.5 Å². The molecule has 7 rings (SSSR count). The Kier molecular flexibility index (Phi) is 7.67. The summed E-state index contributed by atoms with van der Waals surface area (Å²) in [6.07, 6.45) is 0. The summed E-state index contributed by atoms with van der Waals surface area (Å²) in [5.74, 6) is 0. The standard InChI is InChI=1S/C42H24N6/c43-25-29-9-17-33(18-10-29)47(34-19-11-30(26-44)12-20-34)41-37-5-1-2-6-38(37)42(40-8-4-3-7-39(40)41)48(35-21-13-31(27-45)14-22-35)36-23-15-32(28-46)16-24-36/h1-24H. The van der Waals surface area contributed by atoms with Gasteiger partial charge in [0.1, 0.15) is 0 Å². The zero-order valence-corrected chi connectivity index (χ0v) is 25.5. The van der Waals surface area contributed by atoms with Gasteiger partial charge in [0.15, 0.2) is 0 Å². The van der Waals surface area contributed by atoms with Gasteiger partial charge >= 0.3 is 0 Å². The van der Waals surface area contributed by atoms with Gasteiger partial charge < -0.3 is 9.80 Å². The molecule has 6 nitrogen and oxygen atoms in total. The highest BCUT2D eigenvalue weighted by Crippen LogP contribution is 2.50. The maximum atomic E-state index is 9.54. The Bertz CT molecular complexity index is 2120. The third-order valence-electron chi connectivity index (χ3n) is 8.34. The first-order valence-corrected chi connectivity index (χ1v) is 15.2. The summed E-state index contributed by atoms with van der Waals surface area (Å²) in [6.45, 7) is 0. The van der Waals surface area contributed by atoms with Crippen molar-refractivity contribution in [3.05, 3.63) is 168 Å². The molecule has 7 aromatic carbocycles. The van der Waals surface area contributed by atoms with Crippen molar-refractivity contribution in [2.24, 2.45) is 0 Å². The van der Waals surface area contributed by atoms with Gasteiger partial charge in [-0.1, -0.05) is 48.5 Å². The van der Waals surface area contributed by atoms with Gasteiger partial charge in [-0.25, -0.2) is 0 Å². The van der Waals surface area contributed by atoms with E-state index in [9.17, 15) is 21.0 Å². The Labute approximate surface area is 278 Å². The second kappa shape index (κ2) is 12.5. The molecule has 222 valence electrons. The van der Waals surface area contributed by atoms with Crippen molar-refractivity contribution >= 4 is 55.7 Å². The molecule has 0 saturated carbocycles. The lowest BCUT2D eigenvalue weighted by atomic mass is 9.95. The highest BCUT2D eigenvalue weighted by Gasteiger charge is 2.25. The van der Waals surface area contributed by atoms with Crippen molar-refractivity contribution in [1.82, 2.24) is 0 Å². The molecule has 7 aromatic rings. The molecule has 0 aliphatic carbocycles. The largest absolute Gasteiger partial charge is 0.309 e. The first-order chi connectivity index (χ1) is 23.6. The topological polar surface area (TPSA) is 102 Å². The Morgan fingerprint density at radius 1 is 0.292 bits per heavy atom. The average Bonchev–Trinajstić information content (AvgIpc) is 3.16. The lowest BCUT2D eigenvalue weighted by molar-refractivity contribution is 1.29. The number of benzene rings is 7. The van der Waals surface area contributed by atoms with Gasteiger partial charge in [0, 0.05) is 44.3 Å². The van der Waals surface area contributed by atoms with Crippen LogP contribution in [0.2, 0.25) is 0 Å². The highest BCUT2D eigenvalue weighted by molar-refractivity contribution is 6.23. The van der Waals surface area contributed by atoms with Crippen molar-refractivity contribution in [1.29, 1.82) is 21.0 Å². The lowest BCUT2D eigenvalue weighted by Crippen LogP contribution is -2.14. The summed E-state index contributed by atoms with van der Waals surface area (Å²) in [7, 11) is 0. The first kappa shape index (κ1) is 29.3. The van der Waals surface area contributed by atoms with Crippen LogP contribution in [0.3, 0.4) is 0 Å². The molecule has 0 aliphatic rings. The van der Waals surface area contributed by atoms with Crippen molar-refractivity contribution in [3.8, 4) is 24.3 Å². The maximum absolute atomic E-state index is 9.54. The van der Waals surface area contributed by atoms with E-state index in [0.29, 0.717) is 22.3 Å². The lowest BCUT2D eigenvalue weighted by Gasteiger charge is -2.33. The number of hydrogen-bond acceptors (Lipinski definition) is 6. The van der Waals surface area contributed by atoms with Gasteiger partial charge in [0.25, 0.3) is 0 Å². The molecule has 0 radical (unpaired) electrons. The molecule has 0 amide bonds. The Balaban J connectivity index is 1.58. The van der Waals surface area contributed by atoms with Gasteiger partial charge in [-0.05, 0) is 97.1 Å². The Morgan fingerprint density at radius 3 is 0.688 bits per heavy atom. The number of nitrogens with zero attached hydrogens (tertiary/aromatic N) is 6. The first-order valence-electron chi connectivity index (χ1n) is 15.2. The van der Waals surface area contributed by atoms with Crippen LogP contribution in [-0.4, -0.2) is 0 Å². The van der Waals surface area contributed by atoms with Crippen LogP contribution in [0, 0.1) is 45.3 Å². The summed E-state index contributed by atoms with van der Waals surface area (Å²) < 4.78 is 0. The predicted octanol–water partition coefficient (Wildman–Crippen LogP) is 10.4. The molecule has 0 aliphatic heterocycles. The van der Waals surface area contributed by atoms with E-state index in [2.05, 4.69) is 58.3 Å². The van der Waals surface area contributed by atoms with E-state index >= 15 is 0 Å². The van der Waals surface area contributed by atoms with Gasteiger partial charge in [-0.15, -0.1) is 0 Å². The molecule has 0 bridgehead atoms. The molecule has 0 saturated heterocycles. The fourth-order valence-electron chi connectivity index (χ4n) is 6.12. The van der Waals surface area contributed by atoms with Gasteiger partial charge in [0.05, 0.1) is 57.9 Å². The molecule has 0 atom stereocenters. The summed E-state index contributed by atoms with van der Waals surface area (Å²) in [6, 6.07) is 55.4. The fourth-order valence-corrected chi connectivity index (χ4v) is 6.12. The summed E-state index contributed by atoms with van der Waals surface area (Å²) in [5, 5.41) is 42.1. The van der Waals surface area contributed by atoms with E-state index in [4.69, 9.17) is 0 Å². The second-order valence-electron chi connectivity index (χ2n) is 11.1. The monoisotopic (exact) mass is 612 g/mol. The fraction of sp³-hybridized carbons (Fsp3) is 0. The highest BCUT2D eigenvalue weighted by atomic mass is 15.2. The van der Waals surface area contributed by atoms with Gasteiger partial charge in [0.2, 0.25) is 0 Å². The molecule has 0 spiro atoms. The van der Waals surface area contributed by atoms with Crippen LogP contribution in [0.5, 0.6) is 0 Å². The number of fused-ring (bicyclic) bond motifs is 2. The molecule has 0 aromatic heterocycles. The zero-order chi connectivity index (χ0) is 33.0. The minimum atomic E-state index is 0.559. The molecule has 0 N–H and O–H groups in total. The molecular formula is C42H24N6. The minimum absolute atomic E-state index is 0.559. The van der Waals surface area contributed by atoms with Crippen molar-refractivity contribution in [3.63, 3.8) is 0 Å². The van der Waals surface area contributed by atoms with Crippen LogP contribution < -0.4 is 9.80 Å². The summed E-state index contributed by atoms with van der Waals surface area (Å²) in [5.41, 5.74) is 7.56. The SMILES string of the molecule is N#Cc1ccc(N(c2ccc(C#N)cc2)c2c3ccccc3c(N(c3ccc(C#N)cc3)c3ccc(C#N)cc3)c3ccccc23)cc1. The zero-order valence-electron chi connectivity index (χ0n) is 25.5. The van der Waals surface area contributed by atoms with E-state index in [1.54, 1.807) is 0 Å². The molecular weight excluding hydrogens is 589 g/mol. The number of anilines is 6. The normalized spacial score (nSPS) is 10.4. The van der Waals surface area contributed by atoms with E-state index in [1.165, 1.54) is 0 Å². The number of rotatable bonds is 6. The smallest absolute Gasteiger partial charge is 0.0991 e. The van der Waals surface area contributed by atoms with Crippen LogP contribution in [0.15, 0.2) is 146 Å². The van der Waals surface area contributed by atoms with E-state index < -0.39 is 0 Å². The van der Waals surface area contributed by atoms with Gasteiger partial charge in [-0.2, -0.15) is 21.0 Å². The average molecular weight is 613 g/mol.